The van der Waals surface area contributed by atoms with E-state index in [4.69, 9.17) is 5.73 Å². The van der Waals surface area contributed by atoms with Gasteiger partial charge < -0.3 is 103 Å². The average molecular weight is 1830 g/mol. The van der Waals surface area contributed by atoms with Crippen molar-refractivity contribution in [1.29, 1.82) is 0 Å². The molecule has 7 aromatic rings. The predicted molar refractivity (Wildman–Crippen MR) is 488 cm³/mol. The fourth-order valence-electron chi connectivity index (χ4n) is 15.2. The van der Waals surface area contributed by atoms with Gasteiger partial charge in [-0.2, -0.15) is 0 Å². The molecule has 0 aliphatic carbocycles. The molecule has 36 nitrogen and oxygen atoms in total. The molecule has 16 N–H and O–H groups in total. The third-order valence-corrected chi connectivity index (χ3v) is 23.5. The third kappa shape index (κ3) is 30.9. The van der Waals surface area contributed by atoms with Gasteiger partial charge in [-0.15, -0.1) is 11.8 Å². The Morgan fingerprint density at radius 2 is 0.962 bits per heavy atom. The number of hydrogen-bond donors (Lipinski definition) is 15. The minimum atomic E-state index is -1.91. The minimum absolute atomic E-state index is 0.0306. The van der Waals surface area contributed by atoms with E-state index in [9.17, 15) is 58.8 Å². The molecule has 2 heterocycles. The SMILES string of the molecule is CCCC[C@H]1C(=O)N(C)CC(=O)N[C@@H](CC(=O)O)C(=O)N[C@@H](C(C)C)C(=O)N(C)[C@@H](Cc2ccccc2)C(=O)N[C@@H](Cc2ccc(O)cc2)C(=O)N(C)CC(=O)N[C@@H](Cc2c[nH]c3ccccc23)C(=O)N[C@H](Cc2ccc(O)c(O)c2)C(=O)N[C@@H](CC(C)C)C(=O)N[C@H](C(=O)NCC(N)=O)CSCC(=O)N[C@@H](Cc2ccccc2)C(=O)N(C)[C@@H](CCc2ccccc2)C(=O)N1C. The molecule has 0 unspecified atom stereocenters. The van der Waals surface area contributed by atoms with Gasteiger partial charge >= 0.3 is 5.97 Å². The quantitative estimate of drug-likeness (QED) is 0.0386. The summed E-state index contributed by atoms with van der Waals surface area (Å²) in [6.45, 7) is 6.07. The Bertz CT molecular complexity index is 5160. The number of para-hydroxylation sites is 1. The van der Waals surface area contributed by atoms with Gasteiger partial charge in [-0.25, -0.2) is 0 Å². The lowest BCUT2D eigenvalue weighted by molar-refractivity contribution is -0.151. The molecule has 1 aromatic heterocycles. The number of rotatable bonds is 24. The van der Waals surface area contributed by atoms with Crippen LogP contribution in [0.1, 0.15) is 107 Å². The molecule has 6 aromatic carbocycles. The number of aromatic hydroxyl groups is 3. The van der Waals surface area contributed by atoms with Crippen molar-refractivity contribution in [2.75, 3.05) is 66.4 Å². The van der Waals surface area contributed by atoms with Crippen LogP contribution < -0.4 is 53.6 Å². The topological polar surface area (TPSA) is 520 Å². The Morgan fingerprint density at radius 1 is 0.473 bits per heavy atom. The number of aromatic amines is 1. The Balaban J connectivity index is 1.22. The van der Waals surface area contributed by atoms with E-state index in [1.165, 1.54) is 75.4 Å². The molecule has 0 bridgehead atoms. The van der Waals surface area contributed by atoms with Crippen LogP contribution in [0.25, 0.3) is 10.9 Å². The second kappa shape index (κ2) is 49.6. The van der Waals surface area contributed by atoms with Gasteiger partial charge in [0, 0.05) is 90.2 Å². The summed E-state index contributed by atoms with van der Waals surface area (Å²) < 4.78 is 0. The van der Waals surface area contributed by atoms with Crippen LogP contribution in [0.4, 0.5) is 0 Å². The number of nitrogens with one attached hydrogen (secondary N) is 10. The lowest BCUT2D eigenvalue weighted by atomic mass is 9.98. The second-order valence-electron chi connectivity index (χ2n) is 33.6. The van der Waals surface area contributed by atoms with Crippen molar-refractivity contribution in [2.24, 2.45) is 17.6 Å². The molecule has 0 saturated carbocycles. The van der Waals surface area contributed by atoms with Crippen LogP contribution in [-0.4, -0.2) is 277 Å². The number of nitrogens with zero attached hydrogens (tertiary/aromatic N) is 5. The molecular weight excluding hydrogens is 1710 g/mol. The molecule has 131 heavy (non-hydrogen) atoms. The number of primary amides is 1. The van der Waals surface area contributed by atoms with Gasteiger partial charge in [0.25, 0.3) is 0 Å². The van der Waals surface area contributed by atoms with Crippen LogP contribution in [0.3, 0.4) is 0 Å². The maximum Gasteiger partial charge on any atom is 0.305 e. The number of H-pyrrole nitrogens is 1. The zero-order valence-corrected chi connectivity index (χ0v) is 76.0. The Hall–Kier alpha value is -13.9. The van der Waals surface area contributed by atoms with E-state index in [-0.39, 0.29) is 62.7 Å². The molecule has 1 aliphatic heterocycles. The number of benzene rings is 6. The number of phenols is 3. The molecule has 37 heteroatoms. The number of aromatic nitrogens is 1. The van der Waals surface area contributed by atoms with E-state index in [1.807, 2.05) is 19.1 Å². The Labute approximate surface area is 764 Å². The number of nitrogens with two attached hydrogens (primary N) is 1. The predicted octanol–water partition coefficient (Wildman–Crippen LogP) is 2.42. The van der Waals surface area contributed by atoms with Gasteiger partial charge in [0.1, 0.15) is 72.2 Å². The molecule has 1 saturated heterocycles. The summed E-state index contributed by atoms with van der Waals surface area (Å²) >= 11 is 0.814. The summed E-state index contributed by atoms with van der Waals surface area (Å²) in [6, 6.07) is 25.1. The van der Waals surface area contributed by atoms with Gasteiger partial charge in [-0.1, -0.05) is 175 Å². The molecule has 702 valence electrons. The minimum Gasteiger partial charge on any atom is -0.508 e. The zero-order chi connectivity index (χ0) is 95.9. The largest absolute Gasteiger partial charge is 0.508 e. The number of phenolic OH excluding ortho intramolecular Hbond substituents is 3. The molecule has 0 radical (unpaired) electrons. The summed E-state index contributed by atoms with van der Waals surface area (Å²) in [7, 11) is 6.52. The first-order valence-electron chi connectivity index (χ1n) is 43.3. The highest BCUT2D eigenvalue weighted by atomic mass is 32.2. The van der Waals surface area contributed by atoms with Crippen LogP contribution in [0.5, 0.6) is 17.2 Å². The van der Waals surface area contributed by atoms with Crippen LogP contribution in [0.15, 0.2) is 164 Å². The van der Waals surface area contributed by atoms with E-state index in [0.717, 1.165) is 44.2 Å². The van der Waals surface area contributed by atoms with Crippen molar-refractivity contribution >= 4 is 117 Å². The van der Waals surface area contributed by atoms with E-state index in [0.29, 0.717) is 46.0 Å². The van der Waals surface area contributed by atoms with Gasteiger partial charge in [-0.3, -0.25) is 76.7 Å². The second-order valence-corrected chi connectivity index (χ2v) is 34.6. The Morgan fingerprint density at radius 3 is 1.55 bits per heavy atom. The standard InChI is InChI=1S/C94H120N16O20S/c1-11-12-32-73-92(128)107(7)52-80(116)99-69(48-82(118)119)88(124)105-83(56(4)5)94(130)110(10)75(45-59-28-20-15-21-29-59)89(125)103-70(43-60-33-37-63(111)38-34-60)90(126)106(6)51-79(115)98-68(47-62-49-96-65-31-23-22-30-64(62)65)87(123)102-67(44-61-36-40-76(112)77(113)46-61)86(122)101-66(41-55(2)3)85(121)104-72(84(120)97-50-78(95)114)53-131-54-81(117)100-71(42-58-26-18-14-19-27-58)91(127)108(8)74(93(129)109(73)9)39-35-57-24-16-13-17-25-57/h13-31,33-34,36-38,40,46,49,55-56,66-75,83,96,111-113H,11-12,32,35,39,41-45,47-48,50-54H2,1-10H3,(H2,95,114)(H,97,120)(H,98,115)(H,99,116)(H,100,117)(H,101,122)(H,102,123)(H,103,125)(H,104,121)(H,105,124)(H,118,119)/t66-,67+,68-,69-,70-,71-,72-,73-,74-,75-,83-/m0/s1. The van der Waals surface area contributed by atoms with Crippen LogP contribution >= 0.6 is 11.8 Å². The van der Waals surface area contributed by atoms with Gasteiger partial charge in [-0.05, 0) is 101 Å². The van der Waals surface area contributed by atoms with E-state index < -0.39 is 228 Å². The van der Waals surface area contributed by atoms with Crippen LogP contribution in [-0.2, 0) is 115 Å². The normalized spacial score (nSPS) is 21.8. The smallest absolute Gasteiger partial charge is 0.305 e. The first-order chi connectivity index (χ1) is 62.3. The highest BCUT2D eigenvalue weighted by Gasteiger charge is 2.42. The first-order valence-corrected chi connectivity index (χ1v) is 44.5. The van der Waals surface area contributed by atoms with Crippen molar-refractivity contribution in [3.05, 3.63) is 197 Å². The zero-order valence-electron chi connectivity index (χ0n) is 75.2. The number of carboxylic acids is 1. The molecule has 1 aliphatic rings. The first kappa shape index (κ1) is 103. The molecule has 8 rings (SSSR count). The number of thioether (sulfide) groups is 1. The average Bonchev–Trinajstić information content (AvgIpc) is 1.79. The van der Waals surface area contributed by atoms with Crippen LogP contribution in [0.2, 0.25) is 0 Å². The van der Waals surface area contributed by atoms with E-state index in [2.05, 4.69) is 52.8 Å². The van der Waals surface area contributed by atoms with Crippen molar-refractivity contribution in [3.8, 4) is 17.2 Å². The van der Waals surface area contributed by atoms with Crippen LogP contribution in [0, 0.1) is 11.8 Å². The number of likely N-dealkylation sites (N-methyl/N-ethyl adjacent to an activating group) is 5. The van der Waals surface area contributed by atoms with Gasteiger partial charge in [0.2, 0.25) is 88.6 Å². The number of fused-ring (bicyclic) bond motifs is 1. The Kier molecular flexibility index (Phi) is 38.8. The fraction of sp³-hybridized carbons (Fsp3) is 0.426. The maximum atomic E-state index is 15.5. The highest BCUT2D eigenvalue weighted by molar-refractivity contribution is 8.00. The lowest BCUT2D eigenvalue weighted by Gasteiger charge is -2.37. The lowest BCUT2D eigenvalue weighted by Crippen LogP contribution is -2.61. The number of carbonyl (C=O) groups is 16. The fourth-order valence-corrected chi connectivity index (χ4v) is 16.1. The molecule has 0 spiro atoms. The summed E-state index contributed by atoms with van der Waals surface area (Å²) in [5.41, 5.74) is 8.98. The number of unbranched alkanes of at least 4 members (excludes halogenated alkanes) is 1. The van der Waals surface area contributed by atoms with Crippen molar-refractivity contribution in [2.45, 2.75) is 178 Å². The van der Waals surface area contributed by atoms with Crippen molar-refractivity contribution < 1.29 is 97.1 Å². The summed E-state index contributed by atoms with van der Waals surface area (Å²) in [5, 5.41) is 66.2. The molecule has 15 amide bonds. The summed E-state index contributed by atoms with van der Waals surface area (Å²) in [5.74, 6) is -18.8. The number of carbonyl (C=O) groups excluding carboxylic acids is 15. The van der Waals surface area contributed by atoms with Gasteiger partial charge in [0.05, 0.1) is 31.8 Å². The van der Waals surface area contributed by atoms with E-state index in [1.54, 1.807) is 137 Å². The molecule has 1 fully saturated rings. The van der Waals surface area contributed by atoms with Gasteiger partial charge in [0.15, 0.2) is 11.5 Å². The number of hydrogen-bond acceptors (Lipinski definition) is 20. The monoisotopic (exact) mass is 1820 g/mol. The van der Waals surface area contributed by atoms with Crippen molar-refractivity contribution in [1.82, 2.24) is 77.3 Å². The van der Waals surface area contributed by atoms with E-state index >= 15 is 38.4 Å². The highest BCUT2D eigenvalue weighted by Crippen LogP contribution is 2.28. The third-order valence-electron chi connectivity index (χ3n) is 22.4. The molecule has 11 atom stereocenters. The summed E-state index contributed by atoms with van der Waals surface area (Å²) in [4.78, 5) is 244. The summed E-state index contributed by atoms with van der Waals surface area (Å²) in [6.07, 6.45) is 0.0968. The van der Waals surface area contributed by atoms with Crippen molar-refractivity contribution in [3.63, 3.8) is 0 Å². The molecular formula is C94H120N16O20S. The number of aryl methyl sites for hydroxylation is 1. The number of amides is 15. The number of carboxylic acid groups (broad SMARTS) is 1. The number of aliphatic carboxylic acids is 1. The maximum absolute atomic E-state index is 15.5.